The van der Waals surface area contributed by atoms with Crippen molar-refractivity contribution in [3.8, 4) is 11.5 Å². The first-order valence-corrected chi connectivity index (χ1v) is 11.1. The van der Waals surface area contributed by atoms with E-state index in [0.29, 0.717) is 36.9 Å². The van der Waals surface area contributed by atoms with Gasteiger partial charge >= 0.3 is 5.97 Å². The smallest absolute Gasteiger partial charge is 0.328 e. The summed E-state index contributed by atoms with van der Waals surface area (Å²) >= 11 is 0. The SMILES string of the molecule is COC(=O)C1Cc2c(ccc(OC)c2OCc2ccccc2)CN1c1ncnc2ccccc12. The Kier molecular flexibility index (Phi) is 5.99. The van der Waals surface area contributed by atoms with Gasteiger partial charge in [-0.1, -0.05) is 48.5 Å². The molecule has 3 aromatic carbocycles. The van der Waals surface area contributed by atoms with Crippen molar-refractivity contribution in [3.05, 3.63) is 89.7 Å². The number of aromatic nitrogens is 2. The van der Waals surface area contributed by atoms with Gasteiger partial charge in [0, 0.05) is 23.9 Å². The van der Waals surface area contributed by atoms with Crippen molar-refractivity contribution in [1.29, 1.82) is 0 Å². The monoisotopic (exact) mass is 455 g/mol. The van der Waals surface area contributed by atoms with Crippen molar-refractivity contribution in [2.75, 3.05) is 19.1 Å². The number of hydrogen-bond donors (Lipinski definition) is 0. The molecule has 0 saturated heterocycles. The third-order valence-corrected chi connectivity index (χ3v) is 6.15. The zero-order chi connectivity index (χ0) is 23.5. The Hall–Kier alpha value is -4.13. The summed E-state index contributed by atoms with van der Waals surface area (Å²) in [5.74, 6) is 1.67. The number of benzene rings is 3. The van der Waals surface area contributed by atoms with E-state index in [9.17, 15) is 4.79 Å². The summed E-state index contributed by atoms with van der Waals surface area (Å²) in [6, 6.07) is 21.1. The van der Waals surface area contributed by atoms with Crippen molar-refractivity contribution in [3.63, 3.8) is 0 Å². The number of hydrogen-bond acceptors (Lipinski definition) is 7. The second-order valence-electron chi connectivity index (χ2n) is 8.09. The number of fused-ring (bicyclic) bond motifs is 2. The Labute approximate surface area is 197 Å². The molecule has 1 unspecified atom stereocenters. The van der Waals surface area contributed by atoms with Crippen LogP contribution in [0.25, 0.3) is 10.9 Å². The highest BCUT2D eigenvalue weighted by Crippen LogP contribution is 2.40. The van der Waals surface area contributed by atoms with Gasteiger partial charge in [0.2, 0.25) is 0 Å². The van der Waals surface area contributed by atoms with E-state index in [1.165, 1.54) is 13.4 Å². The maximum Gasteiger partial charge on any atom is 0.328 e. The van der Waals surface area contributed by atoms with Crippen LogP contribution < -0.4 is 14.4 Å². The van der Waals surface area contributed by atoms with Crippen molar-refractivity contribution < 1.29 is 19.0 Å². The predicted molar refractivity (Wildman–Crippen MR) is 129 cm³/mol. The van der Waals surface area contributed by atoms with Crippen LogP contribution in [0.4, 0.5) is 5.82 Å². The molecule has 2 heterocycles. The minimum atomic E-state index is -0.568. The normalized spacial score (nSPS) is 15.0. The number of esters is 1. The van der Waals surface area contributed by atoms with Gasteiger partial charge in [-0.2, -0.15) is 0 Å². The van der Waals surface area contributed by atoms with E-state index in [1.807, 2.05) is 71.6 Å². The van der Waals surface area contributed by atoms with Gasteiger partial charge in [-0.3, -0.25) is 0 Å². The number of anilines is 1. The van der Waals surface area contributed by atoms with E-state index in [2.05, 4.69) is 9.97 Å². The average molecular weight is 456 g/mol. The van der Waals surface area contributed by atoms with Crippen LogP contribution in [0, 0.1) is 0 Å². The van der Waals surface area contributed by atoms with Crippen LogP contribution in [0.1, 0.15) is 16.7 Å². The van der Waals surface area contributed by atoms with Gasteiger partial charge in [0.05, 0.1) is 19.7 Å². The fraction of sp³-hybridized carbons (Fsp3) is 0.222. The lowest BCUT2D eigenvalue weighted by Crippen LogP contribution is -2.47. The number of nitrogens with zero attached hydrogens (tertiary/aromatic N) is 3. The summed E-state index contributed by atoms with van der Waals surface area (Å²) < 4.78 is 17.1. The molecule has 7 nitrogen and oxygen atoms in total. The lowest BCUT2D eigenvalue weighted by molar-refractivity contribution is -0.142. The van der Waals surface area contributed by atoms with Crippen molar-refractivity contribution >= 4 is 22.7 Å². The lowest BCUT2D eigenvalue weighted by atomic mass is 9.92. The number of ether oxygens (including phenoxy) is 3. The highest BCUT2D eigenvalue weighted by Gasteiger charge is 2.36. The Balaban J connectivity index is 1.57. The third kappa shape index (κ3) is 4.01. The minimum absolute atomic E-state index is 0.329. The summed E-state index contributed by atoms with van der Waals surface area (Å²) in [4.78, 5) is 23.9. The van der Waals surface area contributed by atoms with Crippen LogP contribution in [-0.4, -0.2) is 36.2 Å². The fourth-order valence-electron chi connectivity index (χ4n) is 4.45. The standard InChI is InChI=1S/C27H25N3O4/c1-32-24-13-12-19-15-30(26-20-10-6-7-11-22(20)28-17-29-26)23(27(31)33-2)14-21(19)25(24)34-16-18-8-4-3-5-9-18/h3-13,17,23H,14-16H2,1-2H3. The van der Waals surface area contributed by atoms with E-state index in [0.717, 1.165) is 27.6 Å². The summed E-state index contributed by atoms with van der Waals surface area (Å²) in [7, 11) is 3.03. The van der Waals surface area contributed by atoms with Gasteiger partial charge in [0.25, 0.3) is 0 Å². The molecule has 0 fully saturated rings. The fourth-order valence-corrected chi connectivity index (χ4v) is 4.45. The zero-order valence-electron chi connectivity index (χ0n) is 19.1. The molecule has 7 heteroatoms. The van der Waals surface area contributed by atoms with Crippen LogP contribution >= 0.6 is 0 Å². The first-order valence-electron chi connectivity index (χ1n) is 11.1. The molecule has 1 aliphatic rings. The van der Waals surface area contributed by atoms with E-state index >= 15 is 0 Å². The summed E-state index contributed by atoms with van der Waals surface area (Å²) in [5.41, 5.74) is 3.87. The van der Waals surface area contributed by atoms with Crippen LogP contribution in [0.15, 0.2) is 73.1 Å². The molecule has 1 aromatic heterocycles. The molecule has 172 valence electrons. The second kappa shape index (κ2) is 9.39. The topological polar surface area (TPSA) is 73.8 Å². The molecule has 0 N–H and O–H groups in total. The summed E-state index contributed by atoms with van der Waals surface area (Å²) in [6.07, 6.45) is 1.94. The number of para-hydroxylation sites is 1. The molecule has 1 atom stereocenters. The zero-order valence-corrected chi connectivity index (χ0v) is 19.1. The Morgan fingerprint density at radius 1 is 1.00 bits per heavy atom. The highest BCUT2D eigenvalue weighted by atomic mass is 16.5. The van der Waals surface area contributed by atoms with Crippen molar-refractivity contribution in [1.82, 2.24) is 9.97 Å². The van der Waals surface area contributed by atoms with Crippen molar-refractivity contribution in [2.45, 2.75) is 25.6 Å². The Morgan fingerprint density at radius 3 is 2.59 bits per heavy atom. The maximum atomic E-state index is 13.0. The summed E-state index contributed by atoms with van der Waals surface area (Å²) in [6.45, 7) is 0.874. The molecule has 1 aliphatic heterocycles. The first-order chi connectivity index (χ1) is 16.7. The number of rotatable bonds is 6. The molecular formula is C27H25N3O4. The van der Waals surface area contributed by atoms with E-state index in [-0.39, 0.29) is 5.97 Å². The van der Waals surface area contributed by atoms with Crippen LogP contribution in [-0.2, 0) is 29.1 Å². The number of carbonyl (C=O) groups excluding carboxylic acids is 1. The number of carbonyl (C=O) groups is 1. The Bertz CT molecular complexity index is 1320. The molecule has 0 radical (unpaired) electrons. The number of methoxy groups -OCH3 is 2. The predicted octanol–water partition coefficient (Wildman–Crippen LogP) is 4.32. The molecule has 4 aromatic rings. The molecule has 0 saturated carbocycles. The quantitative estimate of drug-likeness (QED) is 0.401. The van der Waals surface area contributed by atoms with Gasteiger partial charge in [-0.25, -0.2) is 14.8 Å². The molecule has 0 spiro atoms. The van der Waals surface area contributed by atoms with E-state index in [1.54, 1.807) is 7.11 Å². The average Bonchev–Trinajstić information content (AvgIpc) is 2.90. The van der Waals surface area contributed by atoms with Crippen LogP contribution in [0.5, 0.6) is 11.5 Å². The first kappa shape index (κ1) is 21.7. The summed E-state index contributed by atoms with van der Waals surface area (Å²) in [5, 5.41) is 0.886. The molecule has 0 amide bonds. The van der Waals surface area contributed by atoms with Gasteiger partial charge in [0.1, 0.15) is 24.8 Å². The minimum Gasteiger partial charge on any atom is -0.493 e. The van der Waals surface area contributed by atoms with Gasteiger partial charge < -0.3 is 19.1 Å². The maximum absolute atomic E-state index is 13.0. The highest BCUT2D eigenvalue weighted by molar-refractivity contribution is 5.92. The van der Waals surface area contributed by atoms with Crippen LogP contribution in [0.3, 0.4) is 0 Å². The lowest BCUT2D eigenvalue weighted by Gasteiger charge is -2.37. The van der Waals surface area contributed by atoms with Gasteiger partial charge in [-0.15, -0.1) is 0 Å². The molecular weight excluding hydrogens is 430 g/mol. The molecule has 5 rings (SSSR count). The molecule has 34 heavy (non-hydrogen) atoms. The van der Waals surface area contributed by atoms with Crippen molar-refractivity contribution in [2.24, 2.45) is 0 Å². The largest absolute Gasteiger partial charge is 0.493 e. The third-order valence-electron chi connectivity index (χ3n) is 6.15. The van der Waals surface area contributed by atoms with E-state index < -0.39 is 6.04 Å². The molecule has 0 aliphatic carbocycles. The Morgan fingerprint density at radius 2 is 1.79 bits per heavy atom. The van der Waals surface area contributed by atoms with Gasteiger partial charge in [-0.05, 0) is 29.3 Å². The van der Waals surface area contributed by atoms with E-state index in [4.69, 9.17) is 14.2 Å². The van der Waals surface area contributed by atoms with Gasteiger partial charge in [0.15, 0.2) is 11.5 Å². The van der Waals surface area contributed by atoms with Crippen LogP contribution in [0.2, 0.25) is 0 Å². The second-order valence-corrected chi connectivity index (χ2v) is 8.09. The molecule has 0 bridgehead atoms.